The van der Waals surface area contributed by atoms with Gasteiger partial charge in [-0.1, -0.05) is 0 Å². The van der Waals surface area contributed by atoms with E-state index in [1.165, 1.54) is 0 Å². The zero-order valence-corrected chi connectivity index (χ0v) is 5.53. The lowest BCUT2D eigenvalue weighted by molar-refractivity contribution is 0.590. The molecule has 0 aliphatic rings. The minimum Gasteiger partial charge on any atom is -0.412 e. The highest BCUT2D eigenvalue weighted by atomic mass is 28.1. The number of hydrogen-bond donors (Lipinski definition) is 0. The Morgan fingerprint density at radius 2 is 0.556 bits per heavy atom. The first-order valence-corrected chi connectivity index (χ1v) is 0.866. The zero-order valence-electron chi connectivity index (χ0n) is 4.12. The van der Waals surface area contributed by atoms with Gasteiger partial charge in [0.1, 0.15) is 0 Å². The van der Waals surface area contributed by atoms with Crippen molar-refractivity contribution in [2.24, 2.45) is 0 Å². The van der Waals surface area contributed by atoms with Gasteiger partial charge in [-0.15, -0.1) is 0 Å². The first-order valence-electron chi connectivity index (χ1n) is 0.289. The molecule has 0 fully saturated rings. The quantitative estimate of drug-likeness (QED) is 0.332. The van der Waals surface area contributed by atoms with Gasteiger partial charge in [0.05, 0.1) is 0 Å². The molecule has 0 aromatic carbocycles. The van der Waals surface area contributed by atoms with Gasteiger partial charge in [-0.05, 0) is 11.0 Å². The summed E-state index contributed by atoms with van der Waals surface area (Å²) < 4.78 is 8.28. The molecular formula is H18O7Si2. The molecule has 0 aromatic rings. The van der Waals surface area contributed by atoms with Crippen LogP contribution < -0.4 is 0 Å². The van der Waals surface area contributed by atoms with Gasteiger partial charge in [0, 0.05) is 0 Å². The summed E-state index contributed by atoms with van der Waals surface area (Å²) in [5, 5.41) is 0. The summed E-state index contributed by atoms with van der Waals surface area (Å²) >= 11 is 0. The average Bonchev–Trinajstić information content (AvgIpc) is 1.00. The Balaban J connectivity index is -0.000000000238. The molecule has 9 heteroatoms. The van der Waals surface area contributed by atoms with E-state index in [0.717, 1.165) is 0 Å². The molecule has 0 heterocycles. The molecule has 0 saturated heterocycles. The van der Waals surface area contributed by atoms with E-state index in [1.807, 2.05) is 0 Å². The van der Waals surface area contributed by atoms with E-state index in [9.17, 15) is 0 Å². The van der Waals surface area contributed by atoms with E-state index in [2.05, 4.69) is 0 Å². The van der Waals surface area contributed by atoms with Gasteiger partial charge in [-0.2, -0.15) is 0 Å². The minimum absolute atomic E-state index is 0. The summed E-state index contributed by atoms with van der Waals surface area (Å²) in [6.07, 6.45) is 0. The van der Waals surface area contributed by atoms with Crippen molar-refractivity contribution in [1.29, 1.82) is 0 Å². The van der Waals surface area contributed by atoms with Crippen molar-refractivity contribution in [3.63, 3.8) is 0 Å². The molecule has 0 spiro atoms. The molecule has 0 aromatic heterocycles. The van der Waals surface area contributed by atoms with Crippen LogP contribution in [-0.2, 0) is 4.46 Å². The fourth-order valence-corrected chi connectivity index (χ4v) is 0. The lowest BCUT2D eigenvalue weighted by atomic mass is 16.0. The molecule has 0 aliphatic carbocycles. The molecule has 0 unspecified atom stereocenters. The second-order valence-electron chi connectivity index (χ2n) is 0. The normalized spacial score (nSPS) is 0.444. The predicted octanol–water partition coefficient (Wildman–Crippen LogP) is -7.43. The lowest BCUT2D eigenvalue weighted by Gasteiger charge is -0.852. The molecular weight excluding hydrogens is 168 g/mol. The highest BCUT2D eigenvalue weighted by molar-refractivity contribution is 5.85. The van der Waals surface area contributed by atoms with Crippen LogP contribution in [-0.4, -0.2) is 54.0 Å². The van der Waals surface area contributed by atoms with Crippen molar-refractivity contribution in [3.8, 4) is 0 Å². The van der Waals surface area contributed by atoms with Crippen LogP contribution in [0.5, 0.6) is 0 Å². The predicted molar refractivity (Wildman–Crippen MR) is 42.2 cm³/mol. The third-order valence-electron chi connectivity index (χ3n) is 0. The topological polar surface area (TPSA) is 206 Å². The maximum Gasteiger partial charge on any atom is 0.245 e. The minimum atomic E-state index is 0. The molecule has 0 bridgehead atoms. The third kappa shape index (κ3) is 7390000. The van der Waals surface area contributed by atoms with Crippen LogP contribution in [0.2, 0.25) is 0 Å². The molecule has 0 radical (unpaired) electrons. The standard InChI is InChI=1S/H2OSi.6H2O.H4Si/c1-2;;;;;;;/h2H2;6*1H2;1H4. The first-order chi connectivity index (χ1) is 1.00. The largest absolute Gasteiger partial charge is 0.412 e. The smallest absolute Gasteiger partial charge is 0.245 e. The van der Waals surface area contributed by atoms with Crippen molar-refractivity contribution >= 4 is 21.1 Å². The van der Waals surface area contributed by atoms with Crippen LogP contribution in [0, 0.1) is 0 Å². The summed E-state index contributed by atoms with van der Waals surface area (Å²) in [7, 11) is 0.611. The van der Waals surface area contributed by atoms with Gasteiger partial charge in [0.25, 0.3) is 0 Å². The van der Waals surface area contributed by atoms with E-state index in [4.69, 9.17) is 4.46 Å². The second-order valence-corrected chi connectivity index (χ2v) is 0. The Morgan fingerprint density at radius 3 is 0.556 bits per heavy atom. The maximum atomic E-state index is 8.28. The van der Waals surface area contributed by atoms with Gasteiger partial charge in [0.2, 0.25) is 10.1 Å². The van der Waals surface area contributed by atoms with Crippen molar-refractivity contribution in [1.82, 2.24) is 0 Å². The van der Waals surface area contributed by atoms with Gasteiger partial charge < -0.3 is 37.3 Å². The van der Waals surface area contributed by atoms with Gasteiger partial charge in [-0.25, -0.2) is 0 Å². The summed E-state index contributed by atoms with van der Waals surface area (Å²) in [5.74, 6) is 0. The highest BCUT2D eigenvalue weighted by Crippen LogP contribution is 0.469. The van der Waals surface area contributed by atoms with E-state index >= 15 is 0 Å². The van der Waals surface area contributed by atoms with Gasteiger partial charge in [-0.3, -0.25) is 0 Å². The Morgan fingerprint density at radius 1 is 0.556 bits per heavy atom. The number of rotatable bonds is 0. The highest BCUT2D eigenvalue weighted by Gasteiger charge is 0.701. The molecule has 0 amide bonds. The molecule has 0 atom stereocenters. The third-order valence-corrected chi connectivity index (χ3v) is 0. The molecule has 68 valence electrons. The fraction of sp³-hybridized carbons (Fsp3) is 0. The first kappa shape index (κ1) is 582. The summed E-state index contributed by atoms with van der Waals surface area (Å²) in [4.78, 5) is 0. The van der Waals surface area contributed by atoms with Crippen molar-refractivity contribution in [2.45, 2.75) is 0 Å². The van der Waals surface area contributed by atoms with E-state index in [0.29, 0.717) is 10.1 Å². The molecule has 12 N–H and O–H groups in total. The fourth-order valence-electron chi connectivity index (χ4n) is 0. The maximum absolute atomic E-state index is 8.28. The summed E-state index contributed by atoms with van der Waals surface area (Å²) in [6.45, 7) is 0. The Bertz CT molecular complexity index is 6.88. The summed E-state index contributed by atoms with van der Waals surface area (Å²) in [5.41, 5.74) is 0. The van der Waals surface area contributed by atoms with Crippen LogP contribution in [0.25, 0.3) is 0 Å². The zero-order chi connectivity index (χ0) is 2.00. The lowest BCUT2D eigenvalue weighted by Crippen LogP contribution is -0.969. The molecule has 9 heavy (non-hydrogen) atoms. The second kappa shape index (κ2) is 10100000. The number of hydrogen-bond acceptors (Lipinski definition) is 1. The average molecular weight is 186 g/mol. The van der Waals surface area contributed by atoms with Crippen molar-refractivity contribution < 1.29 is 37.3 Å². The van der Waals surface area contributed by atoms with Gasteiger partial charge in [0.15, 0.2) is 0 Å². The van der Waals surface area contributed by atoms with Crippen molar-refractivity contribution in [3.05, 3.63) is 0 Å². The van der Waals surface area contributed by atoms with E-state index in [1.54, 1.807) is 0 Å². The van der Waals surface area contributed by atoms with Crippen LogP contribution in [0.1, 0.15) is 0 Å². The van der Waals surface area contributed by atoms with Crippen LogP contribution in [0.4, 0.5) is 0 Å². The molecule has 0 saturated carbocycles. The van der Waals surface area contributed by atoms with E-state index in [-0.39, 0.29) is 43.8 Å². The van der Waals surface area contributed by atoms with E-state index < -0.39 is 0 Å². The molecule has 7 nitrogen and oxygen atoms in total. The Labute approximate surface area is 59.4 Å². The SMILES string of the molecule is O.O.O.O.O.O.O=[SiH2].[SiH4]. The van der Waals surface area contributed by atoms with Crippen LogP contribution in [0.3, 0.4) is 0 Å². The molecule has 0 rings (SSSR count). The van der Waals surface area contributed by atoms with Crippen LogP contribution in [0.15, 0.2) is 0 Å². The van der Waals surface area contributed by atoms with Crippen molar-refractivity contribution in [2.75, 3.05) is 0 Å². The Kier molecular flexibility index (Phi) is 651000000. The monoisotopic (exact) mass is 186 g/mol. The van der Waals surface area contributed by atoms with Crippen LogP contribution >= 0.6 is 0 Å². The Hall–Kier alpha value is -0.00623. The van der Waals surface area contributed by atoms with Gasteiger partial charge >= 0.3 is 0 Å². The molecule has 0 aliphatic heterocycles. The summed E-state index contributed by atoms with van der Waals surface area (Å²) in [6, 6.07) is 0.